The van der Waals surface area contributed by atoms with Crippen molar-refractivity contribution in [3.63, 3.8) is 0 Å². The van der Waals surface area contributed by atoms with Crippen LogP contribution < -0.4 is 10.6 Å². The summed E-state index contributed by atoms with van der Waals surface area (Å²) in [5.41, 5.74) is 0. The Kier molecular flexibility index (Phi) is 6.05. The summed E-state index contributed by atoms with van der Waals surface area (Å²) in [6, 6.07) is -2.29. The van der Waals surface area contributed by atoms with E-state index in [1.165, 1.54) is 20.8 Å². The first-order chi connectivity index (χ1) is 10.5. The quantitative estimate of drug-likeness (QED) is 0.316. The van der Waals surface area contributed by atoms with E-state index in [-0.39, 0.29) is 0 Å². The van der Waals surface area contributed by atoms with Crippen LogP contribution in [0.15, 0.2) is 0 Å². The monoisotopic (exact) mass is 334 g/mol. The van der Waals surface area contributed by atoms with Crippen molar-refractivity contribution < 1.29 is 39.5 Å². The van der Waals surface area contributed by atoms with Gasteiger partial charge in [0.15, 0.2) is 0 Å². The number of carbonyl (C=O) groups excluding carboxylic acids is 2. The minimum atomic E-state index is -2.70. The fraction of sp³-hybridized carbons (Fsp3) is 0.769. The molecular formula is C13H22N2O8. The smallest absolute Gasteiger partial charge is 0.364 e. The summed E-state index contributed by atoms with van der Waals surface area (Å²) in [6.07, 6.45) is -4.72. The Balaban J connectivity index is 3.21. The Morgan fingerprint density at radius 2 is 1.83 bits per heavy atom. The zero-order valence-corrected chi connectivity index (χ0v) is 13.0. The van der Waals surface area contributed by atoms with Gasteiger partial charge in [0.05, 0.1) is 24.3 Å². The van der Waals surface area contributed by atoms with E-state index in [1.807, 2.05) is 0 Å². The topological polar surface area (TPSA) is 165 Å². The molecule has 0 aliphatic carbocycles. The van der Waals surface area contributed by atoms with Crippen LogP contribution in [0.25, 0.3) is 0 Å². The summed E-state index contributed by atoms with van der Waals surface area (Å²) < 4.78 is 5.15. The van der Waals surface area contributed by atoms with Gasteiger partial charge in [0.2, 0.25) is 11.8 Å². The third-order valence-corrected chi connectivity index (χ3v) is 3.53. The lowest BCUT2D eigenvalue weighted by Gasteiger charge is -2.45. The fourth-order valence-corrected chi connectivity index (χ4v) is 2.54. The maximum absolute atomic E-state index is 11.3. The lowest BCUT2D eigenvalue weighted by atomic mass is 9.87. The molecule has 1 aliphatic rings. The minimum Gasteiger partial charge on any atom is -0.477 e. The third-order valence-electron chi connectivity index (χ3n) is 3.53. The van der Waals surface area contributed by atoms with Crippen LogP contribution in [0.3, 0.4) is 0 Å². The number of carbonyl (C=O) groups is 3. The van der Waals surface area contributed by atoms with Gasteiger partial charge in [-0.25, -0.2) is 4.79 Å². The molecule has 0 aromatic carbocycles. The first-order valence-electron chi connectivity index (χ1n) is 7.02. The van der Waals surface area contributed by atoms with Gasteiger partial charge in [0.25, 0.3) is 5.79 Å². The van der Waals surface area contributed by atoms with Crippen LogP contribution in [0.4, 0.5) is 0 Å². The van der Waals surface area contributed by atoms with Crippen molar-refractivity contribution in [2.45, 2.75) is 63.4 Å². The number of amides is 2. The van der Waals surface area contributed by atoms with Crippen molar-refractivity contribution in [1.82, 2.24) is 10.6 Å². The number of aliphatic hydroxyl groups is 3. The van der Waals surface area contributed by atoms with Crippen LogP contribution >= 0.6 is 0 Å². The Labute approximate surface area is 132 Å². The molecular weight excluding hydrogens is 312 g/mol. The second-order valence-corrected chi connectivity index (χ2v) is 5.64. The summed E-state index contributed by atoms with van der Waals surface area (Å²) in [5.74, 6) is -5.50. The van der Waals surface area contributed by atoms with Crippen LogP contribution in [0.1, 0.15) is 27.2 Å². The predicted molar refractivity (Wildman–Crippen MR) is 75.0 cm³/mol. The maximum Gasteiger partial charge on any atom is 0.364 e. The molecule has 132 valence electrons. The summed E-state index contributed by atoms with van der Waals surface area (Å²) >= 11 is 0. The number of hydrogen-bond donors (Lipinski definition) is 6. The van der Waals surface area contributed by atoms with Gasteiger partial charge in [0, 0.05) is 20.3 Å². The van der Waals surface area contributed by atoms with Gasteiger partial charge < -0.3 is 35.8 Å². The maximum atomic E-state index is 11.3. The molecule has 0 unspecified atom stereocenters. The molecule has 1 heterocycles. The standard InChI is InChI=1S/C13H22N2O8/c1-5(16)9(14-6(2)17)11-10(15-7(3)18)8(19)4-13(22,23-11)12(20)21/h5,8-11,16,19,22H,4H2,1-3H3,(H,14,17)(H,15,18)(H,20,21)/t5-,8+,9+,10-,11+,13-/m1/s1. The molecule has 2 amide bonds. The lowest BCUT2D eigenvalue weighted by Crippen LogP contribution is -2.69. The first-order valence-corrected chi connectivity index (χ1v) is 7.02. The Bertz CT molecular complexity index is 465. The molecule has 1 rings (SSSR count). The number of nitrogens with one attached hydrogen (secondary N) is 2. The van der Waals surface area contributed by atoms with Crippen LogP contribution in [0.5, 0.6) is 0 Å². The van der Waals surface area contributed by atoms with Crippen molar-refractivity contribution in [2.24, 2.45) is 0 Å². The molecule has 1 aliphatic heterocycles. The van der Waals surface area contributed by atoms with Crippen molar-refractivity contribution in [3.8, 4) is 0 Å². The zero-order valence-electron chi connectivity index (χ0n) is 13.0. The second-order valence-electron chi connectivity index (χ2n) is 5.64. The highest BCUT2D eigenvalue weighted by molar-refractivity contribution is 5.76. The molecule has 6 N–H and O–H groups in total. The Morgan fingerprint density at radius 1 is 1.26 bits per heavy atom. The summed E-state index contributed by atoms with van der Waals surface area (Å²) in [4.78, 5) is 33.8. The lowest BCUT2D eigenvalue weighted by molar-refractivity contribution is -0.283. The van der Waals surface area contributed by atoms with Gasteiger partial charge in [-0.05, 0) is 6.92 Å². The summed E-state index contributed by atoms with van der Waals surface area (Å²) in [6.45, 7) is 3.67. The molecule has 0 bridgehead atoms. The second kappa shape index (κ2) is 7.21. The first kappa shape index (κ1) is 19.3. The minimum absolute atomic E-state index is 0.532. The average molecular weight is 334 g/mol. The number of aliphatic hydroxyl groups excluding tert-OH is 2. The van der Waals surface area contributed by atoms with Crippen molar-refractivity contribution in [3.05, 3.63) is 0 Å². The number of ether oxygens (including phenoxy) is 1. The highest BCUT2D eigenvalue weighted by Crippen LogP contribution is 2.30. The molecule has 0 saturated carbocycles. The normalized spacial score (nSPS) is 33.4. The van der Waals surface area contributed by atoms with Gasteiger partial charge in [-0.1, -0.05) is 0 Å². The highest BCUT2D eigenvalue weighted by atomic mass is 16.7. The number of carboxylic acid groups (broad SMARTS) is 1. The van der Waals surface area contributed by atoms with Crippen molar-refractivity contribution in [1.29, 1.82) is 0 Å². The zero-order chi connectivity index (χ0) is 17.9. The Hall–Kier alpha value is -1.75. The number of aliphatic carboxylic acids is 1. The number of hydrogen-bond acceptors (Lipinski definition) is 7. The molecule has 0 radical (unpaired) electrons. The largest absolute Gasteiger partial charge is 0.477 e. The van der Waals surface area contributed by atoms with Crippen LogP contribution in [-0.2, 0) is 19.1 Å². The molecule has 0 spiro atoms. The van der Waals surface area contributed by atoms with Crippen molar-refractivity contribution in [2.75, 3.05) is 0 Å². The van der Waals surface area contributed by atoms with E-state index in [0.717, 1.165) is 0 Å². The summed E-state index contributed by atoms with van der Waals surface area (Å²) in [7, 11) is 0. The van der Waals surface area contributed by atoms with Crippen LogP contribution in [0, 0.1) is 0 Å². The molecule has 1 saturated heterocycles. The van der Waals surface area contributed by atoms with Crippen molar-refractivity contribution >= 4 is 17.8 Å². The molecule has 23 heavy (non-hydrogen) atoms. The molecule has 10 heteroatoms. The van der Waals surface area contributed by atoms with E-state index in [0.29, 0.717) is 0 Å². The van der Waals surface area contributed by atoms with Gasteiger partial charge in [-0.3, -0.25) is 9.59 Å². The van der Waals surface area contributed by atoms with E-state index in [9.17, 15) is 29.7 Å². The molecule has 6 atom stereocenters. The van der Waals surface area contributed by atoms with E-state index in [1.54, 1.807) is 0 Å². The molecule has 1 fully saturated rings. The van der Waals surface area contributed by atoms with E-state index in [2.05, 4.69) is 10.6 Å². The van der Waals surface area contributed by atoms with E-state index < -0.39 is 60.4 Å². The van der Waals surface area contributed by atoms with Gasteiger partial charge in [-0.2, -0.15) is 0 Å². The number of carboxylic acids is 1. The Morgan fingerprint density at radius 3 is 2.22 bits per heavy atom. The molecule has 0 aromatic rings. The van der Waals surface area contributed by atoms with Gasteiger partial charge >= 0.3 is 5.97 Å². The SMILES string of the molecule is CC(=O)N[C@H]([C@@H]1O[C@@](O)(C(=O)O)C[C@H](O)[C@H]1NC(C)=O)[C@@H](C)O. The number of rotatable bonds is 5. The van der Waals surface area contributed by atoms with E-state index >= 15 is 0 Å². The molecule has 10 nitrogen and oxygen atoms in total. The summed E-state index contributed by atoms with van der Waals surface area (Å²) in [5, 5.41) is 43.8. The van der Waals surface area contributed by atoms with Crippen LogP contribution in [0.2, 0.25) is 0 Å². The van der Waals surface area contributed by atoms with Gasteiger partial charge in [0.1, 0.15) is 6.10 Å². The average Bonchev–Trinajstić information content (AvgIpc) is 2.38. The fourth-order valence-electron chi connectivity index (χ4n) is 2.54. The third kappa shape index (κ3) is 4.61. The van der Waals surface area contributed by atoms with E-state index in [4.69, 9.17) is 9.84 Å². The van der Waals surface area contributed by atoms with Gasteiger partial charge in [-0.15, -0.1) is 0 Å². The predicted octanol–water partition coefficient (Wildman–Crippen LogP) is -2.70. The highest BCUT2D eigenvalue weighted by Gasteiger charge is 2.53. The molecule has 0 aromatic heterocycles. The van der Waals surface area contributed by atoms with Crippen LogP contribution in [-0.4, -0.2) is 74.4 Å².